The molecule has 3 N–H and O–H groups in total. The molecule has 1 aromatic heterocycles. The van der Waals surface area contributed by atoms with Gasteiger partial charge in [0.05, 0.1) is 26.0 Å². The van der Waals surface area contributed by atoms with Crippen molar-refractivity contribution in [1.29, 1.82) is 0 Å². The summed E-state index contributed by atoms with van der Waals surface area (Å²) in [6.45, 7) is 0. The van der Waals surface area contributed by atoms with E-state index in [9.17, 15) is 5.11 Å². The predicted molar refractivity (Wildman–Crippen MR) is 66.1 cm³/mol. The molecule has 0 aliphatic heterocycles. The van der Waals surface area contributed by atoms with Gasteiger partial charge in [0.15, 0.2) is 11.5 Å². The molecule has 0 amide bonds. The number of ether oxygens (including phenoxy) is 2. The minimum absolute atomic E-state index is 0.0347. The summed E-state index contributed by atoms with van der Waals surface area (Å²) in [5, 5.41) is 13.6. The summed E-state index contributed by atoms with van der Waals surface area (Å²) in [6, 6.07) is 1.54. The van der Waals surface area contributed by atoms with E-state index in [1.165, 1.54) is 20.4 Å². The maximum absolute atomic E-state index is 10.0. The summed E-state index contributed by atoms with van der Waals surface area (Å²) in [6.07, 6.45) is 1.38. The predicted octanol–water partition coefficient (Wildman–Crippen LogP) is 2.30. The highest BCUT2D eigenvalue weighted by Crippen LogP contribution is 2.47. The second kappa shape index (κ2) is 4.66. The quantitative estimate of drug-likeness (QED) is 0.889. The van der Waals surface area contributed by atoms with Crippen LogP contribution in [0.4, 0.5) is 5.88 Å². The van der Waals surface area contributed by atoms with Crippen LogP contribution in [0.25, 0.3) is 11.1 Å². The number of phenols is 1. The fourth-order valence-electron chi connectivity index (χ4n) is 1.60. The van der Waals surface area contributed by atoms with Gasteiger partial charge < -0.3 is 24.8 Å². The number of nitrogens with zero attached hydrogens (tertiary/aromatic N) is 1. The lowest BCUT2D eigenvalue weighted by molar-refractivity contribution is 0.352. The van der Waals surface area contributed by atoms with Crippen LogP contribution in [0.2, 0.25) is 5.02 Å². The van der Waals surface area contributed by atoms with Gasteiger partial charge in [-0.25, -0.2) is 0 Å². The summed E-state index contributed by atoms with van der Waals surface area (Å²) < 4.78 is 14.9. The van der Waals surface area contributed by atoms with Crippen LogP contribution in [-0.4, -0.2) is 24.5 Å². The largest absolute Gasteiger partial charge is 0.506 e. The second-order valence-corrected chi connectivity index (χ2v) is 3.80. The molecule has 18 heavy (non-hydrogen) atoms. The Labute approximate surface area is 108 Å². The minimum atomic E-state index is -0.177. The van der Waals surface area contributed by atoms with Crippen molar-refractivity contribution < 1.29 is 19.1 Å². The molecule has 0 aliphatic carbocycles. The Morgan fingerprint density at radius 1 is 1.33 bits per heavy atom. The molecule has 0 atom stereocenters. The summed E-state index contributed by atoms with van der Waals surface area (Å²) in [5.41, 5.74) is 6.38. The smallest absolute Gasteiger partial charge is 0.230 e. The van der Waals surface area contributed by atoms with Crippen LogP contribution in [-0.2, 0) is 0 Å². The fourth-order valence-corrected chi connectivity index (χ4v) is 1.87. The lowest BCUT2D eigenvalue weighted by Gasteiger charge is -2.13. The minimum Gasteiger partial charge on any atom is -0.506 e. The monoisotopic (exact) mass is 270 g/mol. The number of aromatic nitrogens is 1. The number of nitrogens with two attached hydrogens (primary N) is 1. The Morgan fingerprint density at radius 3 is 2.56 bits per heavy atom. The first kappa shape index (κ1) is 12.4. The highest BCUT2D eigenvalue weighted by Gasteiger charge is 2.21. The molecule has 7 heteroatoms. The highest BCUT2D eigenvalue weighted by molar-refractivity contribution is 6.34. The van der Waals surface area contributed by atoms with Crippen LogP contribution in [0.15, 0.2) is 16.8 Å². The van der Waals surface area contributed by atoms with E-state index in [0.29, 0.717) is 16.9 Å². The van der Waals surface area contributed by atoms with Crippen LogP contribution < -0.4 is 15.2 Å². The van der Waals surface area contributed by atoms with Crippen LogP contribution in [0.1, 0.15) is 0 Å². The maximum Gasteiger partial charge on any atom is 0.230 e. The number of methoxy groups -OCH3 is 2. The number of anilines is 1. The molecule has 2 aromatic rings. The van der Waals surface area contributed by atoms with Gasteiger partial charge in [0.2, 0.25) is 5.88 Å². The molecular weight excluding hydrogens is 260 g/mol. The zero-order chi connectivity index (χ0) is 13.3. The first-order valence-electron chi connectivity index (χ1n) is 4.94. The summed E-state index contributed by atoms with van der Waals surface area (Å²) in [7, 11) is 2.89. The van der Waals surface area contributed by atoms with E-state index in [1.54, 1.807) is 6.07 Å². The molecule has 0 saturated carbocycles. The molecule has 0 spiro atoms. The van der Waals surface area contributed by atoms with Crippen molar-refractivity contribution in [1.82, 2.24) is 5.16 Å². The van der Waals surface area contributed by atoms with Crippen molar-refractivity contribution in [2.45, 2.75) is 0 Å². The van der Waals surface area contributed by atoms with Gasteiger partial charge >= 0.3 is 0 Å². The number of hydrogen-bond donors (Lipinski definition) is 2. The van der Waals surface area contributed by atoms with Crippen molar-refractivity contribution in [2.24, 2.45) is 0 Å². The maximum atomic E-state index is 10.0. The lowest BCUT2D eigenvalue weighted by Crippen LogP contribution is -1.94. The number of phenolic OH excluding ortho intramolecular Hbond substituents is 1. The molecule has 96 valence electrons. The van der Waals surface area contributed by atoms with Crippen molar-refractivity contribution in [2.75, 3.05) is 20.0 Å². The molecule has 0 saturated heterocycles. The molecule has 0 unspecified atom stereocenters. The van der Waals surface area contributed by atoms with Gasteiger partial charge in [-0.05, 0) is 6.07 Å². The third kappa shape index (κ3) is 1.80. The number of benzene rings is 1. The van der Waals surface area contributed by atoms with E-state index in [1.807, 2.05) is 0 Å². The topological polar surface area (TPSA) is 90.7 Å². The van der Waals surface area contributed by atoms with E-state index in [0.717, 1.165) is 0 Å². The molecular formula is C11H11ClN2O4. The molecule has 1 aromatic carbocycles. The summed E-state index contributed by atoms with van der Waals surface area (Å²) >= 11 is 6.00. The molecule has 6 nitrogen and oxygen atoms in total. The first-order valence-corrected chi connectivity index (χ1v) is 5.31. The molecule has 0 bridgehead atoms. The van der Waals surface area contributed by atoms with E-state index in [-0.39, 0.29) is 22.4 Å². The van der Waals surface area contributed by atoms with E-state index in [4.69, 9.17) is 31.3 Å². The van der Waals surface area contributed by atoms with E-state index >= 15 is 0 Å². The lowest BCUT2D eigenvalue weighted by atomic mass is 10.1. The molecule has 0 radical (unpaired) electrons. The number of nitrogen functional groups attached to an aromatic ring is 1. The molecule has 0 aliphatic rings. The van der Waals surface area contributed by atoms with Gasteiger partial charge in [-0.1, -0.05) is 16.8 Å². The summed E-state index contributed by atoms with van der Waals surface area (Å²) in [5.74, 6) is 0.518. The number of rotatable bonds is 3. The molecule has 2 rings (SSSR count). The van der Waals surface area contributed by atoms with Crippen molar-refractivity contribution >= 4 is 17.5 Å². The third-order valence-electron chi connectivity index (χ3n) is 2.47. The van der Waals surface area contributed by atoms with Crippen LogP contribution in [0, 0.1) is 0 Å². The zero-order valence-corrected chi connectivity index (χ0v) is 10.5. The fraction of sp³-hybridized carbons (Fsp3) is 0.182. The first-order chi connectivity index (χ1) is 8.60. The molecule has 1 heterocycles. The van der Waals surface area contributed by atoms with Gasteiger partial charge in [0.25, 0.3) is 0 Å². The Hall–Kier alpha value is -2.08. The van der Waals surface area contributed by atoms with Gasteiger partial charge in [-0.15, -0.1) is 0 Å². The Balaban J connectivity index is 2.70. The van der Waals surface area contributed by atoms with Crippen molar-refractivity contribution in [3.63, 3.8) is 0 Å². The average molecular weight is 271 g/mol. The third-order valence-corrected chi connectivity index (χ3v) is 2.82. The second-order valence-electron chi connectivity index (χ2n) is 3.43. The number of aromatic hydroxyl groups is 1. The highest BCUT2D eigenvalue weighted by atomic mass is 35.5. The van der Waals surface area contributed by atoms with Crippen molar-refractivity contribution in [3.05, 3.63) is 17.3 Å². The van der Waals surface area contributed by atoms with Crippen LogP contribution in [0.3, 0.4) is 0 Å². The Kier molecular flexibility index (Phi) is 3.20. The van der Waals surface area contributed by atoms with Gasteiger partial charge in [0.1, 0.15) is 10.8 Å². The van der Waals surface area contributed by atoms with Gasteiger partial charge in [0, 0.05) is 5.56 Å². The SMILES string of the molecule is COc1cc(-c2cnoc2N)c(O)c(Cl)c1OC. The zero-order valence-electron chi connectivity index (χ0n) is 9.73. The average Bonchev–Trinajstić information content (AvgIpc) is 2.78. The van der Waals surface area contributed by atoms with Crippen molar-refractivity contribution in [3.8, 4) is 28.4 Å². The Morgan fingerprint density at radius 2 is 2.06 bits per heavy atom. The standard InChI is InChI=1S/C11H11ClN2O4/c1-16-7-3-5(6-4-14-18-11(6)13)9(15)8(12)10(7)17-2/h3-4,15H,13H2,1-2H3. The Bertz CT molecular complexity index is 583. The summed E-state index contributed by atoms with van der Waals surface area (Å²) in [4.78, 5) is 0. The molecule has 0 fully saturated rings. The number of halogens is 1. The van der Waals surface area contributed by atoms with Gasteiger partial charge in [-0.2, -0.15) is 0 Å². The normalized spacial score (nSPS) is 10.4. The van der Waals surface area contributed by atoms with E-state index in [2.05, 4.69) is 5.16 Å². The van der Waals surface area contributed by atoms with Crippen LogP contribution >= 0.6 is 11.6 Å². The number of hydrogen-bond acceptors (Lipinski definition) is 6. The van der Waals surface area contributed by atoms with Crippen LogP contribution in [0.5, 0.6) is 17.2 Å². The van der Waals surface area contributed by atoms with Gasteiger partial charge in [-0.3, -0.25) is 0 Å². The van der Waals surface area contributed by atoms with E-state index < -0.39 is 0 Å².